The molecule has 2 saturated heterocycles. The van der Waals surface area contributed by atoms with Crippen molar-refractivity contribution in [3.63, 3.8) is 0 Å². The van der Waals surface area contributed by atoms with Crippen molar-refractivity contribution in [3.05, 3.63) is 12.2 Å². The molecule has 7 aliphatic rings. The number of fused-ring (bicyclic) bond motifs is 3. The second kappa shape index (κ2) is 35.7. The third-order valence-corrected chi connectivity index (χ3v) is 23.8. The van der Waals surface area contributed by atoms with Gasteiger partial charge in [-0.1, -0.05) is 97.6 Å². The van der Waals surface area contributed by atoms with Crippen LogP contribution in [0, 0.1) is 35.5 Å². The molecule has 0 radical (unpaired) electrons. The number of amides is 12. The normalized spacial score (nSPS) is 32.4. The lowest BCUT2D eigenvalue weighted by molar-refractivity contribution is -0.219. The first-order valence-corrected chi connectivity index (χ1v) is 37.3. The van der Waals surface area contributed by atoms with Crippen LogP contribution in [0.25, 0.3) is 0 Å². The molecule has 7 rings (SSSR count). The molecule has 4 aliphatic carbocycles. The molecule has 4 saturated carbocycles. The molecule has 102 heavy (non-hydrogen) atoms. The molecule has 2 unspecified atom stereocenters. The highest BCUT2D eigenvalue weighted by Crippen LogP contribution is 2.45. The molecule has 6 fully saturated rings. The molecule has 2 N–H and O–H groups in total. The average Bonchev–Trinajstić information content (AvgIpc) is 1.50. The van der Waals surface area contributed by atoms with E-state index in [9.17, 15) is 41.9 Å². The maximum absolute atomic E-state index is 15.8. The van der Waals surface area contributed by atoms with Crippen LogP contribution in [0.5, 0.6) is 0 Å². The molecule has 2 bridgehead atoms. The van der Waals surface area contributed by atoms with Crippen molar-refractivity contribution in [2.24, 2.45) is 35.5 Å². The number of halogens is 5. The van der Waals surface area contributed by atoms with Crippen molar-refractivity contribution >= 4 is 70.9 Å². The molecule has 1 spiro atoms. The Hall–Kier alpha value is -6.97. The summed E-state index contributed by atoms with van der Waals surface area (Å²) in [4.78, 5) is 193. The van der Waals surface area contributed by atoms with Crippen molar-refractivity contribution < 1.29 is 79.5 Å². The van der Waals surface area contributed by atoms with Gasteiger partial charge in [0.2, 0.25) is 70.9 Å². The van der Waals surface area contributed by atoms with E-state index in [2.05, 4.69) is 17.6 Å². The standard InChI is InChI=1S/C73H115F5N12O12/c1-14-45(4)61-69(100)83(8)43-59(93)85(10)53-26-17-16-22-36-90(68(53)99)56(40-46-30-28-44(3)29-31-46)66(97)82(7)42-57(91)79-51(33-32-47-38-49(74)60(50(75)39-47)73(76,77)78)64(95)89-37-23-27-54(89)67(98)88(13)72(34-20-21-35-72)71(102)87(12)62(48-24-18-19-25-48)70(101)86(11)55(65(96)81(5)6)41-58(92)84(9)52(15-2)63(94)80-61/h16-17,44-56,60-62H,14-15,18-43H2,1-13H3,(H,79,91)(H,80,94)/b17-16-/t44?,45-,46?,47?,49?,50?,51-,52-,53-,54-,55-,56-,60?,61-,62-/m0/s1. The average molecular weight is 1450 g/mol. The van der Waals surface area contributed by atoms with Gasteiger partial charge >= 0.3 is 6.18 Å². The quantitative estimate of drug-likeness (QED) is 0.192. The van der Waals surface area contributed by atoms with Crippen LogP contribution >= 0.6 is 0 Å². The predicted molar refractivity (Wildman–Crippen MR) is 370 cm³/mol. The molecule has 574 valence electrons. The van der Waals surface area contributed by atoms with Gasteiger partial charge in [0.05, 0.1) is 19.5 Å². The number of hydrogen-bond acceptors (Lipinski definition) is 12. The first-order chi connectivity index (χ1) is 48.0. The molecule has 3 heterocycles. The van der Waals surface area contributed by atoms with Crippen molar-refractivity contribution in [2.45, 2.75) is 254 Å². The summed E-state index contributed by atoms with van der Waals surface area (Å²) in [5, 5.41) is 5.59. The lowest BCUT2D eigenvalue weighted by atomic mass is 9.76. The summed E-state index contributed by atoms with van der Waals surface area (Å²) >= 11 is 0. The maximum atomic E-state index is 15.8. The van der Waals surface area contributed by atoms with Crippen LogP contribution in [-0.4, -0.2) is 282 Å². The fourth-order valence-electron chi connectivity index (χ4n) is 17.1. The van der Waals surface area contributed by atoms with Gasteiger partial charge in [-0.25, -0.2) is 8.78 Å². The largest absolute Gasteiger partial charge is 0.397 e. The van der Waals surface area contributed by atoms with Crippen LogP contribution in [0.1, 0.15) is 182 Å². The molecule has 24 nitrogen and oxygen atoms in total. The summed E-state index contributed by atoms with van der Waals surface area (Å²) in [6, 6.07) is -10.3. The zero-order valence-electron chi connectivity index (χ0n) is 62.5. The fourth-order valence-corrected chi connectivity index (χ4v) is 17.1. The Morgan fingerprint density at radius 1 is 0.627 bits per heavy atom. The van der Waals surface area contributed by atoms with Gasteiger partial charge in [-0.3, -0.25) is 57.5 Å². The van der Waals surface area contributed by atoms with Crippen molar-refractivity contribution in [2.75, 3.05) is 89.6 Å². The minimum atomic E-state index is -5.16. The molecule has 0 aromatic rings. The van der Waals surface area contributed by atoms with E-state index >= 15 is 37.5 Å². The smallest absolute Gasteiger partial charge is 0.347 e. The first kappa shape index (κ1) is 82.3. The topological polar surface area (TPSA) is 261 Å². The molecule has 29 heteroatoms. The van der Waals surface area contributed by atoms with Crippen LogP contribution in [-0.2, 0) is 57.5 Å². The van der Waals surface area contributed by atoms with Gasteiger partial charge in [-0.15, -0.1) is 0 Å². The number of rotatable bonds is 10. The van der Waals surface area contributed by atoms with Crippen molar-refractivity contribution in [3.8, 4) is 0 Å². The lowest BCUT2D eigenvalue weighted by Crippen LogP contribution is -2.65. The van der Waals surface area contributed by atoms with Gasteiger partial charge < -0.3 is 59.6 Å². The summed E-state index contributed by atoms with van der Waals surface area (Å²) in [6.07, 6.45) is -0.958. The Balaban J connectivity index is 1.30. The third-order valence-electron chi connectivity index (χ3n) is 23.8. The SMILES string of the molecule is CC[C@H](C)[C@@H]1NC(=O)[C@H](CC)N(C)C(=O)C[C@@H](C(=O)N(C)C)N(C)C(=O)[C@H](C2CCCC2)N(C)C(=O)C2(CCCC2)N(C)C(=O)[C@@H]2CCCN2C(=O)[C@H](CCC2CC(F)C(C(F)(F)F)C(F)C2)NC(=O)CN(C)C(=O)[C@H](CC2CCC(C)CC2)N2CC/C=C\C[C@@H](C2=O)N(C)C(=O)CN(C)C1=O. The Labute approximate surface area is 599 Å². The summed E-state index contributed by atoms with van der Waals surface area (Å²) in [5.74, 6) is -12.5. The molecular formula is C73H115F5N12O12. The molecule has 11 atom stereocenters. The van der Waals surface area contributed by atoms with Crippen LogP contribution in [0.4, 0.5) is 22.0 Å². The van der Waals surface area contributed by atoms with Crippen molar-refractivity contribution in [1.82, 2.24) is 59.6 Å². The van der Waals surface area contributed by atoms with E-state index in [4.69, 9.17) is 0 Å². The minimum absolute atomic E-state index is 0.0242. The highest BCUT2D eigenvalue weighted by Gasteiger charge is 2.56. The third kappa shape index (κ3) is 18.9. The predicted octanol–water partition coefficient (Wildman–Crippen LogP) is 5.89. The van der Waals surface area contributed by atoms with Crippen LogP contribution in [0.2, 0.25) is 0 Å². The van der Waals surface area contributed by atoms with Gasteiger partial charge in [0, 0.05) is 76.5 Å². The molecular weight excluding hydrogens is 1330 g/mol. The van der Waals surface area contributed by atoms with Gasteiger partial charge in [0.25, 0.3) is 0 Å². The maximum Gasteiger partial charge on any atom is 0.397 e. The Bertz CT molecular complexity index is 3040. The van der Waals surface area contributed by atoms with E-state index in [0.717, 1.165) is 53.2 Å². The fraction of sp³-hybridized carbons (Fsp3) is 0.808. The van der Waals surface area contributed by atoms with E-state index < -0.39 is 199 Å². The number of nitrogens with zero attached hydrogens (tertiary/aromatic N) is 10. The van der Waals surface area contributed by atoms with E-state index in [1.165, 1.54) is 97.7 Å². The molecule has 0 aromatic heterocycles. The van der Waals surface area contributed by atoms with E-state index in [0.29, 0.717) is 44.4 Å². The summed E-state index contributed by atoms with van der Waals surface area (Å²) < 4.78 is 72.6. The number of likely N-dealkylation sites (N-methyl/N-ethyl adjacent to an activating group) is 8. The van der Waals surface area contributed by atoms with Crippen LogP contribution in [0.15, 0.2) is 12.2 Å². The van der Waals surface area contributed by atoms with Crippen LogP contribution < -0.4 is 10.6 Å². The number of carbonyl (C=O) groups excluding carboxylic acids is 12. The number of hydrogen-bond donors (Lipinski definition) is 2. The van der Waals surface area contributed by atoms with Gasteiger partial charge in [-0.2, -0.15) is 13.2 Å². The zero-order valence-corrected chi connectivity index (χ0v) is 62.5. The molecule has 12 amide bonds. The number of alkyl halides is 5. The van der Waals surface area contributed by atoms with Crippen LogP contribution in [0.3, 0.4) is 0 Å². The number of nitrogens with one attached hydrogen (secondary N) is 2. The summed E-state index contributed by atoms with van der Waals surface area (Å²) in [6.45, 7) is 6.13. The van der Waals surface area contributed by atoms with Gasteiger partial charge in [0.1, 0.15) is 72.1 Å². The Kier molecular flexibility index (Phi) is 28.8. The van der Waals surface area contributed by atoms with Crippen molar-refractivity contribution in [1.29, 1.82) is 0 Å². The van der Waals surface area contributed by atoms with Gasteiger partial charge in [0.15, 0.2) is 0 Å². The highest BCUT2D eigenvalue weighted by molar-refractivity contribution is 6.01. The molecule has 0 aromatic carbocycles. The zero-order chi connectivity index (χ0) is 75.6. The Morgan fingerprint density at radius 3 is 1.83 bits per heavy atom. The van der Waals surface area contributed by atoms with E-state index in [-0.39, 0.29) is 76.8 Å². The second-order valence-corrected chi connectivity index (χ2v) is 30.9. The van der Waals surface area contributed by atoms with Gasteiger partial charge in [-0.05, 0) is 119 Å². The summed E-state index contributed by atoms with van der Waals surface area (Å²) in [7, 11) is 12.8. The highest BCUT2D eigenvalue weighted by atomic mass is 19.4. The van der Waals surface area contributed by atoms with E-state index in [1.807, 2.05) is 13.0 Å². The minimum Gasteiger partial charge on any atom is -0.347 e. The lowest BCUT2D eigenvalue weighted by Gasteiger charge is -2.45. The number of carbonyl (C=O) groups is 12. The second-order valence-electron chi connectivity index (χ2n) is 30.9. The molecule has 3 aliphatic heterocycles. The summed E-state index contributed by atoms with van der Waals surface area (Å²) in [5.41, 5.74) is -1.57. The monoisotopic (exact) mass is 1450 g/mol. The van der Waals surface area contributed by atoms with E-state index in [1.54, 1.807) is 19.9 Å². The first-order valence-electron chi connectivity index (χ1n) is 37.3. The Morgan fingerprint density at radius 2 is 1.25 bits per heavy atom.